The first kappa shape index (κ1) is 13.8. The third-order valence-corrected chi connectivity index (χ3v) is 4.16. The molecule has 0 radical (unpaired) electrons. The van der Waals surface area contributed by atoms with Crippen LogP contribution < -0.4 is 5.32 Å². The molecule has 5 heteroatoms. The van der Waals surface area contributed by atoms with Crippen LogP contribution >= 0.6 is 9.21 Å². The van der Waals surface area contributed by atoms with Gasteiger partial charge < -0.3 is 5.32 Å². The second kappa shape index (κ2) is 4.20. The highest BCUT2D eigenvalue weighted by Gasteiger charge is 2.37. The van der Waals surface area contributed by atoms with Gasteiger partial charge in [-0.2, -0.15) is 22.4 Å². The van der Waals surface area contributed by atoms with Crippen molar-refractivity contribution in [3.63, 3.8) is 0 Å². The molecule has 0 aromatic heterocycles. The highest BCUT2D eigenvalue weighted by Crippen LogP contribution is 2.43. The van der Waals surface area contributed by atoms with Gasteiger partial charge in [-0.15, -0.1) is 0 Å². The summed E-state index contributed by atoms with van der Waals surface area (Å²) in [6.07, 6.45) is -1.56. The van der Waals surface area contributed by atoms with Gasteiger partial charge in [0.2, 0.25) is 0 Å². The number of anilines is 1. The van der Waals surface area contributed by atoms with E-state index < -0.39 is 21.0 Å². The van der Waals surface area contributed by atoms with Crippen molar-refractivity contribution in [1.29, 1.82) is 0 Å². The molecule has 1 aliphatic heterocycles. The van der Waals surface area contributed by atoms with E-state index in [2.05, 4.69) is 23.6 Å². The third-order valence-electron chi connectivity index (χ3n) is 2.77. The van der Waals surface area contributed by atoms with E-state index in [9.17, 15) is 13.2 Å². The van der Waals surface area contributed by atoms with Crippen LogP contribution in [0.5, 0.6) is 0 Å². The Labute approximate surface area is 110 Å². The zero-order valence-electron chi connectivity index (χ0n) is 10.5. The monoisotopic (exact) mass is 285 g/mol. The van der Waals surface area contributed by atoms with E-state index in [1.54, 1.807) is 12.1 Å². The Morgan fingerprint density at radius 1 is 1.21 bits per heavy atom. The Balaban J connectivity index is 2.68. The first-order valence-corrected chi connectivity index (χ1v) is 7.81. The molecule has 0 atom stereocenters. The lowest BCUT2D eigenvalue weighted by molar-refractivity contribution is -0.0689. The first-order chi connectivity index (χ1) is 8.59. The molecule has 102 valence electrons. The summed E-state index contributed by atoms with van der Waals surface area (Å²) in [4.78, 5) is 0.732. The molecule has 1 N–H and O–H groups in total. The summed E-state index contributed by atoms with van der Waals surface area (Å²) in [5.74, 6) is 7.85. The summed E-state index contributed by atoms with van der Waals surface area (Å²) < 4.78 is 39.2. The molecule has 0 amide bonds. The maximum atomic E-state index is 13.1. The van der Waals surface area contributed by atoms with E-state index in [1.165, 1.54) is 6.07 Å². The Hall–Kier alpha value is -1.62. The summed E-state index contributed by atoms with van der Waals surface area (Å²) in [6.45, 7) is 3.54. The van der Waals surface area contributed by atoms with Gasteiger partial charge in [-0.25, -0.2) is 0 Å². The highest BCUT2D eigenvalue weighted by molar-refractivity contribution is 8.27. The second-order valence-electron chi connectivity index (χ2n) is 4.69. The number of hydrogen-bond donors (Lipinski definition) is 1. The lowest BCUT2D eigenvalue weighted by Crippen LogP contribution is -2.17. The van der Waals surface area contributed by atoms with Crippen molar-refractivity contribution in [2.24, 2.45) is 0 Å². The number of fused-ring (bicyclic) bond motifs is 1. The Morgan fingerprint density at radius 2 is 1.84 bits per heavy atom. The molecule has 0 saturated carbocycles. The van der Waals surface area contributed by atoms with Crippen molar-refractivity contribution in [2.75, 3.05) is 11.6 Å². The zero-order chi connectivity index (χ0) is 14.4. The topological polar surface area (TPSA) is 12.0 Å². The molecule has 1 heterocycles. The van der Waals surface area contributed by atoms with E-state index in [0.717, 1.165) is 11.0 Å². The Morgan fingerprint density at radius 3 is 2.37 bits per heavy atom. The summed E-state index contributed by atoms with van der Waals surface area (Å²) >= 11 is 0. The zero-order valence-corrected chi connectivity index (χ0v) is 11.3. The fourth-order valence-corrected chi connectivity index (χ4v) is 2.66. The first-order valence-electron chi connectivity index (χ1n) is 5.43. The molecule has 1 aliphatic rings. The summed E-state index contributed by atoms with van der Waals surface area (Å²) in [5, 5.41) is 2.84. The summed E-state index contributed by atoms with van der Waals surface area (Å²) in [6, 6.07) is 4.90. The third kappa shape index (κ3) is 2.71. The predicted molar refractivity (Wildman–Crippen MR) is 79.3 cm³/mol. The van der Waals surface area contributed by atoms with Crippen LogP contribution in [0.1, 0.15) is 5.56 Å². The van der Waals surface area contributed by atoms with Gasteiger partial charge in [0.1, 0.15) is 0 Å². The summed E-state index contributed by atoms with van der Waals surface area (Å²) in [5.41, 5.74) is 0.0827. The number of alkyl halides is 3. The normalized spacial score (nSPS) is 15.6. The predicted octanol–water partition coefficient (Wildman–Crippen LogP) is 4.23. The average Bonchev–Trinajstić information content (AvgIpc) is 2.24. The highest BCUT2D eigenvalue weighted by atomic mass is 32.2. The van der Waals surface area contributed by atoms with Crippen LogP contribution in [-0.2, 0) is 0 Å². The number of halogens is 3. The average molecular weight is 285 g/mol. The van der Waals surface area contributed by atoms with Crippen LogP contribution in [0.4, 0.5) is 18.9 Å². The van der Waals surface area contributed by atoms with Crippen LogP contribution in [0.25, 0.3) is 5.57 Å². The van der Waals surface area contributed by atoms with Crippen LogP contribution in [0.2, 0.25) is 0 Å². The van der Waals surface area contributed by atoms with Crippen molar-refractivity contribution < 1.29 is 13.2 Å². The van der Waals surface area contributed by atoms with Gasteiger partial charge in [0.25, 0.3) is 0 Å². The number of rotatable bonds is 1. The maximum Gasteiger partial charge on any atom is 0.417 e. The number of hydrogen-bond acceptors (Lipinski definition) is 1. The molecule has 1 aromatic rings. The van der Waals surface area contributed by atoms with Gasteiger partial charge >= 0.3 is 6.18 Å². The quantitative estimate of drug-likeness (QED) is 0.761. The molecule has 19 heavy (non-hydrogen) atoms. The van der Waals surface area contributed by atoms with Crippen molar-refractivity contribution in [3.8, 4) is 0 Å². The number of benzene rings is 1. The number of allylic oxidation sites excluding steroid dienone is 2. The van der Waals surface area contributed by atoms with Gasteiger partial charge in [0.15, 0.2) is 0 Å². The number of nitrogens with one attached hydrogen (secondary N) is 1. The van der Waals surface area contributed by atoms with Crippen LogP contribution in [0.3, 0.4) is 0 Å². The Bertz CT molecular complexity index is 679. The fraction of sp³-hybridized carbons (Fsp3) is 0.143. The largest absolute Gasteiger partial charge is 0.417 e. The molecule has 0 spiro atoms. The molecule has 0 bridgehead atoms. The van der Waals surface area contributed by atoms with E-state index in [-0.39, 0.29) is 11.3 Å². The molecule has 0 unspecified atom stereocenters. The van der Waals surface area contributed by atoms with E-state index >= 15 is 0 Å². The van der Waals surface area contributed by atoms with Gasteiger partial charge in [0.05, 0.1) is 5.57 Å². The lowest BCUT2D eigenvalue weighted by Gasteiger charge is -2.24. The van der Waals surface area contributed by atoms with Gasteiger partial charge in [0, 0.05) is 16.9 Å². The van der Waals surface area contributed by atoms with Crippen LogP contribution in [0.15, 0.2) is 41.4 Å². The van der Waals surface area contributed by atoms with Crippen molar-refractivity contribution in [2.45, 2.75) is 11.1 Å². The smallest absolute Gasteiger partial charge is 0.355 e. The molecule has 0 aliphatic carbocycles. The molecule has 0 saturated heterocycles. The molecule has 1 aromatic carbocycles. The SMILES string of the molecule is C=C1C=C(C(F)(F)F)c2cc(S(=C)(=C)C)ccc2N1. The van der Waals surface area contributed by atoms with Crippen molar-refractivity contribution >= 4 is 32.2 Å². The van der Waals surface area contributed by atoms with Crippen molar-refractivity contribution in [3.05, 3.63) is 42.1 Å². The molecular formula is C14H14F3NS. The molecular weight excluding hydrogens is 271 g/mol. The van der Waals surface area contributed by atoms with E-state index in [1.807, 2.05) is 6.26 Å². The van der Waals surface area contributed by atoms with Crippen LogP contribution in [-0.4, -0.2) is 24.2 Å². The van der Waals surface area contributed by atoms with Crippen molar-refractivity contribution in [1.82, 2.24) is 0 Å². The molecule has 0 fully saturated rings. The molecule has 1 nitrogen and oxygen atoms in total. The minimum Gasteiger partial charge on any atom is -0.355 e. The second-order valence-corrected chi connectivity index (χ2v) is 7.71. The van der Waals surface area contributed by atoms with Gasteiger partial charge in [-0.05, 0) is 35.4 Å². The lowest BCUT2D eigenvalue weighted by atomic mass is 9.99. The van der Waals surface area contributed by atoms with Crippen LogP contribution in [0, 0.1) is 0 Å². The summed E-state index contributed by atoms with van der Waals surface area (Å²) in [7, 11) is -1.56. The molecule has 2 rings (SSSR count). The van der Waals surface area contributed by atoms with E-state index in [4.69, 9.17) is 0 Å². The minimum absolute atomic E-state index is 0.128. The van der Waals surface area contributed by atoms with E-state index in [0.29, 0.717) is 5.69 Å². The fourth-order valence-electron chi connectivity index (χ4n) is 1.86. The minimum atomic E-state index is -4.41. The van der Waals surface area contributed by atoms with Gasteiger partial charge in [-0.3, -0.25) is 0 Å². The maximum absolute atomic E-state index is 13.1. The Kier molecular flexibility index (Phi) is 3.05. The standard InChI is InChI=1S/C14H14F3NS/c1-9-7-12(14(15,16)17)11-8-10(19(2,3)4)5-6-13(11)18-9/h5-8,18H,1-3H2,4H3. The van der Waals surface area contributed by atoms with Gasteiger partial charge in [-0.1, -0.05) is 18.3 Å².